The van der Waals surface area contributed by atoms with Crippen molar-refractivity contribution >= 4 is 15.8 Å². The number of hydrogen-bond acceptors (Lipinski definition) is 3. The molecule has 18 heavy (non-hydrogen) atoms. The Bertz CT molecular complexity index is 537. The number of hydrogen-bond donors (Lipinski definition) is 1. The molecule has 0 amide bonds. The highest BCUT2D eigenvalue weighted by atomic mass is 32.2. The van der Waals surface area contributed by atoms with Crippen molar-refractivity contribution in [2.75, 3.05) is 0 Å². The molecular formula is C12H15FO4S. The van der Waals surface area contributed by atoms with Crippen LogP contribution in [0.5, 0.6) is 0 Å². The number of halogens is 1. The van der Waals surface area contributed by atoms with Gasteiger partial charge in [-0.2, -0.15) is 0 Å². The van der Waals surface area contributed by atoms with Crippen molar-refractivity contribution in [3.05, 3.63) is 35.6 Å². The van der Waals surface area contributed by atoms with Crippen LogP contribution in [0.2, 0.25) is 0 Å². The molecule has 4 nitrogen and oxygen atoms in total. The molecule has 0 aliphatic rings. The zero-order valence-corrected chi connectivity index (χ0v) is 10.9. The largest absolute Gasteiger partial charge is 0.480 e. The fourth-order valence-electron chi connectivity index (χ4n) is 1.80. The summed E-state index contributed by atoms with van der Waals surface area (Å²) in [6.45, 7) is 3.06. The van der Waals surface area contributed by atoms with Crippen molar-refractivity contribution in [3.63, 3.8) is 0 Å². The number of benzene rings is 1. The van der Waals surface area contributed by atoms with Crippen molar-refractivity contribution in [1.82, 2.24) is 0 Å². The minimum atomic E-state index is -3.86. The van der Waals surface area contributed by atoms with Crippen molar-refractivity contribution < 1.29 is 22.7 Å². The van der Waals surface area contributed by atoms with Gasteiger partial charge in [0.2, 0.25) is 0 Å². The fourth-order valence-corrected chi connectivity index (χ4v) is 3.76. The van der Waals surface area contributed by atoms with Gasteiger partial charge >= 0.3 is 5.97 Å². The van der Waals surface area contributed by atoms with E-state index in [9.17, 15) is 17.6 Å². The first kappa shape index (κ1) is 14.6. The summed E-state index contributed by atoms with van der Waals surface area (Å²) in [6.07, 6.45) is 0. The second-order valence-electron chi connectivity index (χ2n) is 4.44. The first-order chi connectivity index (χ1) is 8.24. The number of sulfone groups is 1. The molecule has 0 saturated carbocycles. The van der Waals surface area contributed by atoms with Gasteiger partial charge in [0.1, 0.15) is 5.82 Å². The molecule has 0 spiro atoms. The zero-order valence-electron chi connectivity index (χ0n) is 10.1. The predicted molar refractivity (Wildman–Crippen MR) is 65.3 cm³/mol. The maximum atomic E-state index is 12.9. The molecule has 1 N–H and O–H groups in total. The summed E-state index contributed by atoms with van der Waals surface area (Å²) in [5.74, 6) is -2.93. The lowest BCUT2D eigenvalue weighted by atomic mass is 10.1. The third kappa shape index (κ3) is 3.53. The molecule has 0 aliphatic carbocycles. The van der Waals surface area contributed by atoms with E-state index in [1.54, 1.807) is 0 Å². The third-order valence-electron chi connectivity index (χ3n) is 2.49. The average molecular weight is 274 g/mol. The quantitative estimate of drug-likeness (QED) is 0.889. The van der Waals surface area contributed by atoms with Crippen LogP contribution in [0.25, 0.3) is 0 Å². The lowest BCUT2D eigenvalue weighted by Crippen LogP contribution is -2.35. The lowest BCUT2D eigenvalue weighted by Gasteiger charge is -2.16. The molecule has 0 aromatic heterocycles. The van der Waals surface area contributed by atoms with Crippen LogP contribution < -0.4 is 0 Å². The molecule has 0 bridgehead atoms. The Kier molecular flexibility index (Phi) is 4.45. The molecule has 1 unspecified atom stereocenters. The van der Waals surface area contributed by atoms with Crippen LogP contribution in [-0.2, 0) is 20.4 Å². The predicted octanol–water partition coefficient (Wildman–Crippen LogP) is 1.85. The van der Waals surface area contributed by atoms with E-state index in [2.05, 4.69) is 0 Å². The Morgan fingerprint density at radius 2 is 2.00 bits per heavy atom. The van der Waals surface area contributed by atoms with Crippen LogP contribution in [0.15, 0.2) is 24.3 Å². The van der Waals surface area contributed by atoms with Gasteiger partial charge in [0.25, 0.3) is 0 Å². The summed E-state index contributed by atoms with van der Waals surface area (Å²) in [7, 11) is -3.86. The normalized spacial score (nSPS) is 13.6. The minimum absolute atomic E-state index is 0.252. The Hall–Kier alpha value is -1.43. The number of carboxylic acids is 1. The van der Waals surface area contributed by atoms with E-state index in [-0.39, 0.29) is 5.56 Å². The molecule has 0 radical (unpaired) electrons. The monoisotopic (exact) mass is 274 g/mol. The first-order valence-electron chi connectivity index (χ1n) is 5.43. The molecular weight excluding hydrogens is 259 g/mol. The summed E-state index contributed by atoms with van der Waals surface area (Å²) < 4.78 is 36.9. The highest BCUT2D eigenvalue weighted by Crippen LogP contribution is 2.18. The van der Waals surface area contributed by atoms with Crippen molar-refractivity contribution in [3.8, 4) is 0 Å². The number of rotatable bonds is 5. The van der Waals surface area contributed by atoms with Crippen molar-refractivity contribution in [2.24, 2.45) is 5.92 Å². The first-order valence-corrected chi connectivity index (χ1v) is 7.14. The van der Waals surface area contributed by atoms with Gasteiger partial charge in [-0.15, -0.1) is 0 Å². The molecule has 0 saturated heterocycles. The highest BCUT2D eigenvalue weighted by molar-refractivity contribution is 7.92. The Labute approximate surface area is 105 Å². The maximum absolute atomic E-state index is 12.9. The van der Waals surface area contributed by atoms with Crippen molar-refractivity contribution in [2.45, 2.75) is 24.9 Å². The van der Waals surface area contributed by atoms with Crippen LogP contribution in [0.3, 0.4) is 0 Å². The number of carboxylic acid groups (broad SMARTS) is 1. The van der Waals surface area contributed by atoms with Crippen molar-refractivity contribution in [1.29, 1.82) is 0 Å². The van der Waals surface area contributed by atoms with Gasteiger partial charge in [-0.1, -0.05) is 26.0 Å². The van der Waals surface area contributed by atoms with E-state index in [0.717, 1.165) is 6.07 Å². The minimum Gasteiger partial charge on any atom is -0.480 e. The summed E-state index contributed by atoms with van der Waals surface area (Å²) in [4.78, 5) is 11.0. The molecule has 0 aliphatic heterocycles. The van der Waals surface area contributed by atoms with E-state index >= 15 is 0 Å². The fraction of sp³-hybridized carbons (Fsp3) is 0.417. The summed E-state index contributed by atoms with van der Waals surface area (Å²) in [5, 5.41) is 7.49. The van der Waals surface area contributed by atoms with Gasteiger partial charge in [-0.05, 0) is 23.6 Å². The van der Waals surface area contributed by atoms with E-state index < -0.39 is 38.5 Å². The Morgan fingerprint density at radius 3 is 2.44 bits per heavy atom. The molecule has 0 heterocycles. The van der Waals surface area contributed by atoms with Crippen LogP contribution >= 0.6 is 0 Å². The maximum Gasteiger partial charge on any atom is 0.322 e. The second kappa shape index (κ2) is 5.48. The summed E-state index contributed by atoms with van der Waals surface area (Å²) in [6, 6.07) is 5.15. The summed E-state index contributed by atoms with van der Waals surface area (Å²) in [5.41, 5.74) is 0.252. The molecule has 1 aromatic rings. The van der Waals surface area contributed by atoms with Gasteiger partial charge in [-0.25, -0.2) is 12.8 Å². The molecule has 1 atom stereocenters. The van der Waals surface area contributed by atoms with Crippen LogP contribution in [0.1, 0.15) is 19.4 Å². The zero-order chi connectivity index (χ0) is 13.9. The molecule has 0 fully saturated rings. The van der Waals surface area contributed by atoms with Gasteiger partial charge < -0.3 is 5.11 Å². The second-order valence-corrected chi connectivity index (χ2v) is 6.56. The van der Waals surface area contributed by atoms with E-state index in [1.165, 1.54) is 32.0 Å². The van der Waals surface area contributed by atoms with Crippen LogP contribution in [0, 0.1) is 11.7 Å². The lowest BCUT2D eigenvalue weighted by molar-refractivity contribution is -0.137. The third-order valence-corrected chi connectivity index (χ3v) is 4.75. The smallest absolute Gasteiger partial charge is 0.322 e. The molecule has 1 rings (SSSR count). The number of carbonyl (C=O) groups is 1. The highest BCUT2D eigenvalue weighted by Gasteiger charge is 2.35. The summed E-state index contributed by atoms with van der Waals surface area (Å²) >= 11 is 0. The van der Waals surface area contributed by atoms with Gasteiger partial charge in [0, 0.05) is 0 Å². The standard InChI is InChI=1S/C12H15FO4S/c1-8(2)11(12(14)15)18(16,17)7-9-4-3-5-10(13)6-9/h3-6,8,11H,7H2,1-2H3,(H,14,15). The van der Waals surface area contributed by atoms with E-state index in [0.29, 0.717) is 0 Å². The van der Waals surface area contributed by atoms with Gasteiger partial charge in [0.05, 0.1) is 5.75 Å². The SMILES string of the molecule is CC(C)C(C(=O)O)S(=O)(=O)Cc1cccc(F)c1. The van der Waals surface area contributed by atoms with Crippen LogP contribution in [0.4, 0.5) is 4.39 Å². The molecule has 6 heteroatoms. The van der Waals surface area contributed by atoms with Gasteiger partial charge in [0.15, 0.2) is 15.1 Å². The van der Waals surface area contributed by atoms with E-state index in [4.69, 9.17) is 5.11 Å². The molecule has 1 aromatic carbocycles. The van der Waals surface area contributed by atoms with Crippen LogP contribution in [-0.4, -0.2) is 24.7 Å². The Morgan fingerprint density at radius 1 is 1.39 bits per heavy atom. The van der Waals surface area contributed by atoms with E-state index in [1.807, 2.05) is 0 Å². The molecule has 100 valence electrons. The topological polar surface area (TPSA) is 71.4 Å². The average Bonchev–Trinajstić information content (AvgIpc) is 2.13. The van der Waals surface area contributed by atoms with Gasteiger partial charge in [-0.3, -0.25) is 4.79 Å². The Balaban J connectivity index is 3.04. The number of aliphatic carboxylic acids is 1.